The highest BCUT2D eigenvalue weighted by atomic mass is 16.4. The van der Waals surface area contributed by atoms with Crippen LogP contribution in [0.4, 0.5) is 5.69 Å². The van der Waals surface area contributed by atoms with E-state index < -0.39 is 11.9 Å². The van der Waals surface area contributed by atoms with Crippen molar-refractivity contribution in [3.8, 4) is 0 Å². The minimum atomic E-state index is -1.18. The lowest BCUT2D eigenvalue weighted by Crippen LogP contribution is -2.16. The molecule has 0 aliphatic carbocycles. The zero-order valence-electron chi connectivity index (χ0n) is 12.4. The van der Waals surface area contributed by atoms with E-state index >= 15 is 0 Å². The van der Waals surface area contributed by atoms with Gasteiger partial charge in [-0.15, -0.1) is 0 Å². The zero-order valence-corrected chi connectivity index (χ0v) is 12.4. The SMILES string of the molecule is O=Cc1ccc(NC(=O)c2ccccc2C(=O)O)c2ncccc12. The number of pyridine rings is 1. The molecule has 1 amide bonds. The number of rotatable bonds is 4. The van der Waals surface area contributed by atoms with Gasteiger partial charge in [0, 0.05) is 17.1 Å². The highest BCUT2D eigenvalue weighted by molar-refractivity contribution is 6.14. The van der Waals surface area contributed by atoms with Gasteiger partial charge in [-0.3, -0.25) is 14.6 Å². The van der Waals surface area contributed by atoms with Crippen LogP contribution < -0.4 is 5.32 Å². The first-order valence-corrected chi connectivity index (χ1v) is 7.08. The van der Waals surface area contributed by atoms with E-state index in [1.165, 1.54) is 12.1 Å². The van der Waals surface area contributed by atoms with Crippen LogP contribution >= 0.6 is 0 Å². The number of amides is 1. The quantitative estimate of drug-likeness (QED) is 0.720. The number of hydrogen-bond acceptors (Lipinski definition) is 4. The smallest absolute Gasteiger partial charge is 0.336 e. The standard InChI is InChI=1S/C18H12N2O4/c21-10-11-7-8-15(16-12(11)6-3-9-19-16)20-17(22)13-4-1-2-5-14(13)18(23)24/h1-10H,(H,20,22)(H,23,24). The van der Waals surface area contributed by atoms with Gasteiger partial charge in [-0.2, -0.15) is 0 Å². The van der Waals surface area contributed by atoms with E-state index in [-0.39, 0.29) is 11.1 Å². The Hall–Kier alpha value is -3.54. The lowest BCUT2D eigenvalue weighted by atomic mass is 10.1. The number of carboxylic acids is 1. The topological polar surface area (TPSA) is 96.4 Å². The summed E-state index contributed by atoms with van der Waals surface area (Å²) in [6.07, 6.45) is 2.27. The van der Waals surface area contributed by atoms with Crippen molar-refractivity contribution in [3.05, 3.63) is 71.4 Å². The fraction of sp³-hybridized carbons (Fsp3) is 0. The number of hydrogen-bond donors (Lipinski definition) is 2. The van der Waals surface area contributed by atoms with Crippen LogP contribution in [0.15, 0.2) is 54.7 Å². The molecule has 0 aliphatic rings. The molecule has 1 aromatic heterocycles. The molecular weight excluding hydrogens is 308 g/mol. The Morgan fingerprint density at radius 1 is 1.00 bits per heavy atom. The Bertz CT molecular complexity index is 966. The van der Waals surface area contributed by atoms with Gasteiger partial charge >= 0.3 is 5.97 Å². The molecule has 118 valence electrons. The number of benzene rings is 2. The Morgan fingerprint density at radius 2 is 1.75 bits per heavy atom. The number of nitrogens with zero attached hydrogens (tertiary/aromatic N) is 1. The average Bonchev–Trinajstić information content (AvgIpc) is 2.62. The fourth-order valence-electron chi connectivity index (χ4n) is 2.46. The normalized spacial score (nSPS) is 10.3. The molecule has 6 nitrogen and oxygen atoms in total. The third kappa shape index (κ3) is 2.72. The molecular formula is C18H12N2O4. The number of carbonyl (C=O) groups excluding carboxylic acids is 2. The molecule has 2 aromatic carbocycles. The summed E-state index contributed by atoms with van der Waals surface area (Å²) >= 11 is 0. The van der Waals surface area contributed by atoms with Crippen LogP contribution in [0.25, 0.3) is 10.9 Å². The number of aromatic nitrogens is 1. The van der Waals surface area contributed by atoms with Crippen molar-refractivity contribution in [2.45, 2.75) is 0 Å². The maximum absolute atomic E-state index is 12.5. The van der Waals surface area contributed by atoms with Gasteiger partial charge in [0.15, 0.2) is 6.29 Å². The highest BCUT2D eigenvalue weighted by Gasteiger charge is 2.17. The Labute approximate surface area is 136 Å². The molecule has 3 rings (SSSR count). The molecule has 0 atom stereocenters. The minimum Gasteiger partial charge on any atom is -0.478 e. The summed E-state index contributed by atoms with van der Waals surface area (Å²) in [5, 5.41) is 12.5. The molecule has 0 fully saturated rings. The number of fused-ring (bicyclic) bond motifs is 1. The summed E-state index contributed by atoms with van der Waals surface area (Å²) in [4.78, 5) is 39.0. The molecule has 2 N–H and O–H groups in total. The molecule has 0 radical (unpaired) electrons. The number of anilines is 1. The van der Waals surface area contributed by atoms with Crippen molar-refractivity contribution < 1.29 is 19.5 Å². The first kappa shape index (κ1) is 15.4. The number of aromatic carboxylic acids is 1. The van der Waals surface area contributed by atoms with Crippen LogP contribution in [0.3, 0.4) is 0 Å². The van der Waals surface area contributed by atoms with Crippen molar-refractivity contribution >= 4 is 34.8 Å². The number of nitrogens with one attached hydrogen (secondary N) is 1. The van der Waals surface area contributed by atoms with E-state index in [2.05, 4.69) is 10.3 Å². The van der Waals surface area contributed by atoms with E-state index in [9.17, 15) is 19.5 Å². The maximum Gasteiger partial charge on any atom is 0.336 e. The Kier molecular flexibility index (Phi) is 4.03. The predicted molar refractivity (Wildman–Crippen MR) is 88.5 cm³/mol. The van der Waals surface area contributed by atoms with Crippen molar-refractivity contribution in [1.82, 2.24) is 4.98 Å². The summed E-state index contributed by atoms with van der Waals surface area (Å²) in [6.45, 7) is 0. The summed E-state index contributed by atoms with van der Waals surface area (Å²) < 4.78 is 0. The predicted octanol–water partition coefficient (Wildman–Crippen LogP) is 3.00. The molecule has 0 aliphatic heterocycles. The Balaban J connectivity index is 2.04. The average molecular weight is 320 g/mol. The van der Waals surface area contributed by atoms with Crippen LogP contribution in [-0.4, -0.2) is 28.3 Å². The fourth-order valence-corrected chi connectivity index (χ4v) is 2.46. The van der Waals surface area contributed by atoms with Gasteiger partial charge in [-0.1, -0.05) is 18.2 Å². The minimum absolute atomic E-state index is 0.0496. The van der Waals surface area contributed by atoms with Gasteiger partial charge in [0.05, 0.1) is 22.3 Å². The lowest BCUT2D eigenvalue weighted by molar-refractivity contribution is 0.0692. The van der Waals surface area contributed by atoms with Gasteiger partial charge in [-0.05, 0) is 30.3 Å². The van der Waals surface area contributed by atoms with E-state index in [1.54, 1.807) is 42.6 Å². The van der Waals surface area contributed by atoms with Gasteiger partial charge in [0.1, 0.15) is 0 Å². The highest BCUT2D eigenvalue weighted by Crippen LogP contribution is 2.24. The molecule has 3 aromatic rings. The van der Waals surface area contributed by atoms with Gasteiger partial charge in [0.25, 0.3) is 5.91 Å². The van der Waals surface area contributed by atoms with Crippen LogP contribution in [0.5, 0.6) is 0 Å². The molecule has 1 heterocycles. The second-order valence-corrected chi connectivity index (χ2v) is 5.02. The van der Waals surface area contributed by atoms with Crippen molar-refractivity contribution in [1.29, 1.82) is 0 Å². The van der Waals surface area contributed by atoms with Crippen molar-refractivity contribution in [3.63, 3.8) is 0 Å². The second-order valence-electron chi connectivity index (χ2n) is 5.02. The van der Waals surface area contributed by atoms with Gasteiger partial charge in [-0.25, -0.2) is 4.79 Å². The van der Waals surface area contributed by atoms with E-state index in [0.717, 1.165) is 6.29 Å². The maximum atomic E-state index is 12.5. The molecule has 6 heteroatoms. The summed E-state index contributed by atoms with van der Waals surface area (Å²) in [5.41, 5.74) is 1.29. The third-order valence-electron chi connectivity index (χ3n) is 3.58. The number of carbonyl (C=O) groups is 3. The van der Waals surface area contributed by atoms with Crippen LogP contribution in [0.1, 0.15) is 31.1 Å². The van der Waals surface area contributed by atoms with Gasteiger partial charge in [0.2, 0.25) is 0 Å². The monoisotopic (exact) mass is 320 g/mol. The molecule has 0 saturated heterocycles. The lowest BCUT2D eigenvalue weighted by Gasteiger charge is -2.10. The second kappa shape index (κ2) is 6.29. The Morgan fingerprint density at radius 3 is 2.46 bits per heavy atom. The molecule has 0 saturated carbocycles. The van der Waals surface area contributed by atoms with Crippen molar-refractivity contribution in [2.24, 2.45) is 0 Å². The number of aldehydes is 1. The molecule has 24 heavy (non-hydrogen) atoms. The number of carboxylic acid groups (broad SMARTS) is 1. The first-order valence-electron chi connectivity index (χ1n) is 7.08. The largest absolute Gasteiger partial charge is 0.478 e. The van der Waals surface area contributed by atoms with Crippen LogP contribution in [0, 0.1) is 0 Å². The third-order valence-corrected chi connectivity index (χ3v) is 3.58. The zero-order chi connectivity index (χ0) is 17.1. The summed E-state index contributed by atoms with van der Waals surface area (Å²) in [7, 11) is 0. The van der Waals surface area contributed by atoms with Crippen molar-refractivity contribution in [2.75, 3.05) is 5.32 Å². The first-order chi connectivity index (χ1) is 11.6. The van der Waals surface area contributed by atoms with E-state index in [0.29, 0.717) is 22.2 Å². The van der Waals surface area contributed by atoms with Gasteiger partial charge < -0.3 is 10.4 Å². The summed E-state index contributed by atoms with van der Waals surface area (Å²) in [6, 6.07) is 12.5. The molecule has 0 bridgehead atoms. The molecule has 0 unspecified atom stereocenters. The van der Waals surface area contributed by atoms with E-state index in [1.807, 2.05) is 0 Å². The van der Waals surface area contributed by atoms with Crippen LogP contribution in [-0.2, 0) is 0 Å². The summed E-state index contributed by atoms with van der Waals surface area (Å²) in [5.74, 6) is -1.74. The molecule has 0 spiro atoms. The van der Waals surface area contributed by atoms with E-state index in [4.69, 9.17) is 0 Å². The van der Waals surface area contributed by atoms with Crippen LogP contribution in [0.2, 0.25) is 0 Å².